The Morgan fingerprint density at radius 1 is 1.24 bits per heavy atom. The molecule has 106 valence electrons. The fourth-order valence-corrected chi connectivity index (χ4v) is 2.14. The van der Waals surface area contributed by atoms with Crippen molar-refractivity contribution in [3.05, 3.63) is 60.0 Å². The highest BCUT2D eigenvalue weighted by Gasteiger charge is 2.13. The van der Waals surface area contributed by atoms with Gasteiger partial charge in [0.15, 0.2) is 5.65 Å². The number of anilines is 1. The van der Waals surface area contributed by atoms with E-state index < -0.39 is 0 Å². The van der Waals surface area contributed by atoms with E-state index in [1.54, 1.807) is 23.0 Å². The third-order valence-corrected chi connectivity index (χ3v) is 3.36. The van der Waals surface area contributed by atoms with Gasteiger partial charge in [-0.3, -0.25) is 4.79 Å². The van der Waals surface area contributed by atoms with E-state index in [0.29, 0.717) is 17.1 Å². The molecule has 1 N–H and O–H groups in total. The molecule has 0 aliphatic carbocycles. The number of hydrogen-bond donors (Lipinski definition) is 1. The largest absolute Gasteiger partial charge is 0.322 e. The van der Waals surface area contributed by atoms with E-state index in [1.165, 1.54) is 11.8 Å². The van der Waals surface area contributed by atoms with Gasteiger partial charge in [-0.15, -0.1) is 0 Å². The summed E-state index contributed by atoms with van der Waals surface area (Å²) in [5.41, 5.74) is 3.02. The standard InChI is InChI=1S/C16H16N4O/c1-11(2)12-4-6-13(7-5-12)19-16(21)14-10-18-20-9-3-8-17-15(14)20/h3-11H,1-2H3,(H,19,21). The first-order valence-electron chi connectivity index (χ1n) is 6.85. The smallest absolute Gasteiger partial charge is 0.261 e. The van der Waals surface area contributed by atoms with Crippen molar-refractivity contribution < 1.29 is 4.79 Å². The molecule has 2 aromatic heterocycles. The summed E-state index contributed by atoms with van der Waals surface area (Å²) in [4.78, 5) is 16.5. The van der Waals surface area contributed by atoms with Crippen molar-refractivity contribution in [2.24, 2.45) is 0 Å². The summed E-state index contributed by atoms with van der Waals surface area (Å²) >= 11 is 0. The van der Waals surface area contributed by atoms with Crippen molar-refractivity contribution in [1.82, 2.24) is 14.6 Å². The van der Waals surface area contributed by atoms with Crippen LogP contribution in [0.2, 0.25) is 0 Å². The van der Waals surface area contributed by atoms with E-state index in [2.05, 4.69) is 29.2 Å². The third kappa shape index (κ3) is 2.63. The number of aromatic nitrogens is 3. The second-order valence-electron chi connectivity index (χ2n) is 5.18. The molecule has 0 saturated heterocycles. The van der Waals surface area contributed by atoms with Crippen molar-refractivity contribution in [1.29, 1.82) is 0 Å². The van der Waals surface area contributed by atoms with E-state index >= 15 is 0 Å². The predicted octanol–water partition coefficient (Wildman–Crippen LogP) is 3.11. The number of nitrogens with one attached hydrogen (secondary N) is 1. The van der Waals surface area contributed by atoms with Gasteiger partial charge >= 0.3 is 0 Å². The number of fused-ring (bicyclic) bond motifs is 1. The van der Waals surface area contributed by atoms with Crippen LogP contribution in [0.3, 0.4) is 0 Å². The number of carbonyl (C=O) groups is 1. The number of amides is 1. The lowest BCUT2D eigenvalue weighted by Gasteiger charge is -2.07. The van der Waals surface area contributed by atoms with Gasteiger partial charge in [0.25, 0.3) is 5.91 Å². The van der Waals surface area contributed by atoms with Crippen LogP contribution in [-0.2, 0) is 0 Å². The molecule has 0 bridgehead atoms. The van der Waals surface area contributed by atoms with Crippen LogP contribution in [-0.4, -0.2) is 20.5 Å². The van der Waals surface area contributed by atoms with Crippen LogP contribution in [0, 0.1) is 0 Å². The predicted molar refractivity (Wildman–Crippen MR) is 81.5 cm³/mol. The molecule has 3 aromatic rings. The van der Waals surface area contributed by atoms with Crippen molar-refractivity contribution in [2.75, 3.05) is 5.32 Å². The Morgan fingerprint density at radius 2 is 2.00 bits per heavy atom. The molecule has 0 unspecified atom stereocenters. The maximum Gasteiger partial charge on any atom is 0.261 e. The number of hydrogen-bond acceptors (Lipinski definition) is 3. The summed E-state index contributed by atoms with van der Waals surface area (Å²) in [5.74, 6) is 0.263. The Kier molecular flexibility index (Phi) is 3.39. The highest BCUT2D eigenvalue weighted by Crippen LogP contribution is 2.18. The van der Waals surface area contributed by atoms with E-state index in [0.717, 1.165) is 5.69 Å². The van der Waals surface area contributed by atoms with Crippen LogP contribution in [0.25, 0.3) is 5.65 Å². The van der Waals surface area contributed by atoms with Crippen molar-refractivity contribution >= 4 is 17.2 Å². The lowest BCUT2D eigenvalue weighted by Crippen LogP contribution is -2.12. The maximum absolute atomic E-state index is 12.3. The topological polar surface area (TPSA) is 59.3 Å². The summed E-state index contributed by atoms with van der Waals surface area (Å²) in [5, 5.41) is 6.98. The number of benzene rings is 1. The highest BCUT2D eigenvalue weighted by atomic mass is 16.1. The van der Waals surface area contributed by atoms with Crippen molar-refractivity contribution in [2.45, 2.75) is 19.8 Å². The molecule has 21 heavy (non-hydrogen) atoms. The first-order chi connectivity index (χ1) is 10.1. The molecule has 0 spiro atoms. The molecule has 0 atom stereocenters. The fraction of sp³-hybridized carbons (Fsp3) is 0.188. The molecule has 0 aliphatic rings. The van der Waals surface area contributed by atoms with Crippen molar-refractivity contribution in [3.63, 3.8) is 0 Å². The van der Waals surface area contributed by atoms with Crippen LogP contribution in [0.1, 0.15) is 35.7 Å². The third-order valence-electron chi connectivity index (χ3n) is 3.36. The zero-order chi connectivity index (χ0) is 14.8. The highest BCUT2D eigenvalue weighted by molar-refractivity contribution is 6.08. The van der Waals surface area contributed by atoms with Crippen LogP contribution in [0.5, 0.6) is 0 Å². The van der Waals surface area contributed by atoms with E-state index in [4.69, 9.17) is 0 Å². The molecule has 5 nitrogen and oxygen atoms in total. The Morgan fingerprint density at radius 3 is 2.71 bits per heavy atom. The summed E-state index contributed by atoms with van der Waals surface area (Å²) in [6.45, 7) is 4.27. The molecule has 1 aromatic carbocycles. The zero-order valence-electron chi connectivity index (χ0n) is 11.9. The molecule has 2 heterocycles. The summed E-state index contributed by atoms with van der Waals surface area (Å²) in [7, 11) is 0. The second kappa shape index (κ2) is 5.36. The first kappa shape index (κ1) is 13.3. The quantitative estimate of drug-likeness (QED) is 0.802. The van der Waals surface area contributed by atoms with Gasteiger partial charge in [0, 0.05) is 18.1 Å². The lowest BCUT2D eigenvalue weighted by atomic mass is 10.0. The van der Waals surface area contributed by atoms with E-state index in [-0.39, 0.29) is 5.91 Å². The minimum absolute atomic E-state index is 0.207. The Labute approximate surface area is 122 Å². The summed E-state index contributed by atoms with van der Waals surface area (Å²) in [6, 6.07) is 9.63. The number of nitrogens with zero attached hydrogens (tertiary/aromatic N) is 3. The van der Waals surface area contributed by atoms with Gasteiger partial charge in [0.1, 0.15) is 5.56 Å². The molecule has 3 rings (SSSR count). The zero-order valence-corrected chi connectivity index (χ0v) is 11.9. The minimum atomic E-state index is -0.207. The number of rotatable bonds is 3. The van der Waals surface area contributed by atoms with Gasteiger partial charge in [-0.05, 0) is 29.7 Å². The molecule has 0 fully saturated rings. The van der Waals surface area contributed by atoms with E-state index in [9.17, 15) is 4.79 Å². The van der Waals surface area contributed by atoms with Gasteiger partial charge in [-0.25, -0.2) is 9.50 Å². The Bertz CT molecular complexity index is 774. The lowest BCUT2D eigenvalue weighted by molar-refractivity contribution is 0.102. The van der Waals surface area contributed by atoms with Gasteiger partial charge < -0.3 is 5.32 Å². The minimum Gasteiger partial charge on any atom is -0.322 e. The summed E-state index contributed by atoms with van der Waals surface area (Å²) < 4.78 is 1.58. The van der Waals surface area contributed by atoms with Gasteiger partial charge in [-0.1, -0.05) is 26.0 Å². The molecular weight excluding hydrogens is 264 g/mol. The molecular formula is C16H16N4O. The number of carbonyl (C=O) groups excluding carboxylic acids is 1. The molecule has 0 aliphatic heterocycles. The summed E-state index contributed by atoms with van der Waals surface area (Å²) in [6.07, 6.45) is 4.93. The van der Waals surface area contributed by atoms with Gasteiger partial charge in [0.05, 0.1) is 6.20 Å². The van der Waals surface area contributed by atoms with Crippen LogP contribution >= 0.6 is 0 Å². The maximum atomic E-state index is 12.3. The van der Waals surface area contributed by atoms with Crippen LogP contribution in [0.4, 0.5) is 5.69 Å². The van der Waals surface area contributed by atoms with Crippen LogP contribution in [0.15, 0.2) is 48.9 Å². The average molecular weight is 280 g/mol. The van der Waals surface area contributed by atoms with Crippen LogP contribution < -0.4 is 5.32 Å². The van der Waals surface area contributed by atoms with Crippen molar-refractivity contribution in [3.8, 4) is 0 Å². The Balaban J connectivity index is 1.83. The van der Waals surface area contributed by atoms with E-state index in [1.807, 2.05) is 24.3 Å². The first-order valence-corrected chi connectivity index (χ1v) is 6.85. The molecule has 5 heteroatoms. The second-order valence-corrected chi connectivity index (χ2v) is 5.18. The molecule has 0 saturated carbocycles. The molecule has 0 radical (unpaired) electrons. The fourth-order valence-electron chi connectivity index (χ4n) is 2.14. The Hall–Kier alpha value is -2.69. The van der Waals surface area contributed by atoms with Gasteiger partial charge in [-0.2, -0.15) is 5.10 Å². The molecule has 1 amide bonds. The SMILES string of the molecule is CC(C)c1ccc(NC(=O)c2cnn3cccnc23)cc1. The van der Waals surface area contributed by atoms with Gasteiger partial charge in [0.2, 0.25) is 0 Å². The monoisotopic (exact) mass is 280 g/mol. The average Bonchev–Trinajstić information content (AvgIpc) is 2.92. The normalized spacial score (nSPS) is 11.0.